The average Bonchev–Trinajstić information content (AvgIpc) is 3.24. The van der Waals surface area contributed by atoms with Gasteiger partial charge in [-0.3, -0.25) is 4.79 Å². The van der Waals surface area contributed by atoms with Crippen molar-refractivity contribution in [2.75, 3.05) is 12.4 Å². The molecule has 1 unspecified atom stereocenters. The number of methoxy groups -OCH3 is 1. The summed E-state index contributed by atoms with van der Waals surface area (Å²) in [5, 5.41) is 6.56. The third kappa shape index (κ3) is 3.65. The molecule has 0 aliphatic rings. The second kappa shape index (κ2) is 7.04. The first kappa shape index (κ1) is 15.9. The molecule has 0 radical (unpaired) electrons. The van der Waals surface area contributed by atoms with Gasteiger partial charge in [0.1, 0.15) is 11.5 Å². The first-order chi connectivity index (χ1) is 11.7. The predicted molar refractivity (Wildman–Crippen MR) is 90.1 cm³/mol. The molecule has 6 nitrogen and oxygen atoms in total. The van der Waals surface area contributed by atoms with E-state index in [9.17, 15) is 4.79 Å². The minimum atomic E-state index is -0.136. The molecule has 0 spiro atoms. The molecule has 2 heterocycles. The molecule has 3 rings (SSSR count). The van der Waals surface area contributed by atoms with Crippen LogP contribution in [-0.2, 0) is 4.79 Å². The van der Waals surface area contributed by atoms with Crippen LogP contribution in [0.25, 0.3) is 0 Å². The average molecular weight is 325 g/mol. The number of nitrogens with zero attached hydrogens (tertiary/aromatic N) is 2. The van der Waals surface area contributed by atoms with Gasteiger partial charge in [-0.15, -0.1) is 0 Å². The lowest BCUT2D eigenvalue weighted by Gasteiger charge is -2.19. The van der Waals surface area contributed by atoms with Crippen molar-refractivity contribution in [2.24, 2.45) is 0 Å². The minimum Gasteiger partial charge on any atom is -0.497 e. The molecule has 0 saturated carbocycles. The standard InChI is InChI=1S/C18H19N3O3/c1-13-10-17(20-24-13)19-18(22)12-16(21-8-3-4-9-21)14-6-5-7-15(11-14)23-2/h3-11,16H,12H2,1-2H3,(H,19,20,22). The molecule has 0 bridgehead atoms. The topological polar surface area (TPSA) is 69.3 Å². The summed E-state index contributed by atoms with van der Waals surface area (Å²) < 4.78 is 12.3. The van der Waals surface area contributed by atoms with Crippen molar-refractivity contribution in [1.29, 1.82) is 0 Å². The van der Waals surface area contributed by atoms with Gasteiger partial charge in [0.15, 0.2) is 5.82 Å². The Morgan fingerprint density at radius 3 is 2.75 bits per heavy atom. The molecule has 2 aromatic heterocycles. The van der Waals surface area contributed by atoms with Crippen molar-refractivity contribution in [1.82, 2.24) is 9.72 Å². The molecule has 0 fully saturated rings. The van der Waals surface area contributed by atoms with Gasteiger partial charge >= 0.3 is 0 Å². The van der Waals surface area contributed by atoms with Gasteiger partial charge in [-0.2, -0.15) is 0 Å². The molecule has 3 aromatic rings. The Labute approximate surface area is 140 Å². The van der Waals surface area contributed by atoms with Gasteiger partial charge in [-0.05, 0) is 36.8 Å². The largest absolute Gasteiger partial charge is 0.497 e. The molecular weight excluding hydrogens is 306 g/mol. The Hall–Kier alpha value is -3.02. The van der Waals surface area contributed by atoms with Gasteiger partial charge < -0.3 is 19.1 Å². The van der Waals surface area contributed by atoms with Crippen LogP contribution < -0.4 is 10.1 Å². The number of carbonyl (C=O) groups excluding carboxylic acids is 1. The molecule has 1 aromatic carbocycles. The number of anilines is 1. The maximum absolute atomic E-state index is 12.4. The summed E-state index contributed by atoms with van der Waals surface area (Å²) in [6.07, 6.45) is 4.16. The monoisotopic (exact) mass is 325 g/mol. The van der Waals surface area contributed by atoms with E-state index in [1.807, 2.05) is 53.4 Å². The van der Waals surface area contributed by atoms with Gasteiger partial charge in [-0.1, -0.05) is 17.3 Å². The first-order valence-electron chi connectivity index (χ1n) is 7.65. The van der Waals surface area contributed by atoms with Crippen molar-refractivity contribution in [2.45, 2.75) is 19.4 Å². The molecule has 0 aliphatic carbocycles. The molecule has 1 amide bonds. The summed E-state index contributed by atoms with van der Waals surface area (Å²) in [6, 6.07) is 13.2. The van der Waals surface area contributed by atoms with E-state index in [0.29, 0.717) is 11.6 Å². The SMILES string of the molecule is COc1cccc(C(CC(=O)Nc2cc(C)on2)n2cccc2)c1. The number of nitrogens with one attached hydrogen (secondary N) is 1. The third-order valence-electron chi connectivity index (χ3n) is 3.74. The summed E-state index contributed by atoms with van der Waals surface area (Å²) in [5.74, 6) is 1.71. The Kier molecular flexibility index (Phi) is 4.65. The summed E-state index contributed by atoms with van der Waals surface area (Å²) in [7, 11) is 1.63. The number of rotatable bonds is 6. The van der Waals surface area contributed by atoms with Crippen LogP contribution in [0.1, 0.15) is 23.8 Å². The van der Waals surface area contributed by atoms with Crippen molar-refractivity contribution >= 4 is 11.7 Å². The van der Waals surface area contributed by atoms with Crippen LogP contribution in [0.5, 0.6) is 5.75 Å². The zero-order chi connectivity index (χ0) is 16.9. The van der Waals surface area contributed by atoms with Gasteiger partial charge in [0, 0.05) is 18.5 Å². The molecule has 1 atom stereocenters. The number of hydrogen-bond donors (Lipinski definition) is 1. The van der Waals surface area contributed by atoms with Gasteiger partial charge in [0.05, 0.1) is 19.6 Å². The van der Waals surface area contributed by atoms with E-state index >= 15 is 0 Å². The zero-order valence-corrected chi connectivity index (χ0v) is 13.6. The number of carbonyl (C=O) groups is 1. The fraction of sp³-hybridized carbons (Fsp3) is 0.222. The molecule has 1 N–H and O–H groups in total. The Morgan fingerprint density at radius 2 is 2.08 bits per heavy atom. The lowest BCUT2D eigenvalue weighted by atomic mass is 10.0. The number of aromatic nitrogens is 2. The maximum Gasteiger partial charge on any atom is 0.228 e. The van der Waals surface area contributed by atoms with Gasteiger partial charge in [0.25, 0.3) is 0 Å². The van der Waals surface area contributed by atoms with E-state index < -0.39 is 0 Å². The van der Waals surface area contributed by atoms with E-state index in [4.69, 9.17) is 9.26 Å². The van der Waals surface area contributed by atoms with Crippen LogP contribution in [0.2, 0.25) is 0 Å². The molecule has 0 saturated heterocycles. The highest BCUT2D eigenvalue weighted by atomic mass is 16.5. The van der Waals surface area contributed by atoms with Crippen molar-refractivity contribution in [3.63, 3.8) is 0 Å². The van der Waals surface area contributed by atoms with E-state index in [1.54, 1.807) is 20.1 Å². The Bertz CT molecular complexity index is 809. The van der Waals surface area contributed by atoms with E-state index in [1.165, 1.54) is 0 Å². The van der Waals surface area contributed by atoms with Crippen molar-refractivity contribution in [3.05, 3.63) is 66.2 Å². The maximum atomic E-state index is 12.4. The molecule has 0 aliphatic heterocycles. The second-order valence-electron chi connectivity index (χ2n) is 5.50. The van der Waals surface area contributed by atoms with E-state index in [-0.39, 0.29) is 18.4 Å². The van der Waals surface area contributed by atoms with Gasteiger partial charge in [0.2, 0.25) is 5.91 Å². The Morgan fingerprint density at radius 1 is 1.29 bits per heavy atom. The Balaban J connectivity index is 1.81. The normalized spacial score (nSPS) is 11.9. The lowest BCUT2D eigenvalue weighted by molar-refractivity contribution is -0.116. The van der Waals surface area contributed by atoms with Gasteiger partial charge in [-0.25, -0.2) is 0 Å². The van der Waals surface area contributed by atoms with Crippen LogP contribution in [0.4, 0.5) is 5.82 Å². The van der Waals surface area contributed by atoms with Crippen molar-refractivity contribution < 1.29 is 14.1 Å². The minimum absolute atomic E-state index is 0.134. The fourth-order valence-corrected chi connectivity index (χ4v) is 2.59. The van der Waals surface area contributed by atoms with Crippen LogP contribution in [0.3, 0.4) is 0 Å². The number of hydrogen-bond acceptors (Lipinski definition) is 4. The lowest BCUT2D eigenvalue weighted by Crippen LogP contribution is -2.19. The van der Waals surface area contributed by atoms with Crippen LogP contribution in [-0.4, -0.2) is 22.7 Å². The first-order valence-corrected chi connectivity index (χ1v) is 7.65. The van der Waals surface area contributed by atoms with Crippen molar-refractivity contribution in [3.8, 4) is 5.75 Å². The quantitative estimate of drug-likeness (QED) is 0.754. The van der Waals surface area contributed by atoms with Crippen LogP contribution >= 0.6 is 0 Å². The summed E-state index contributed by atoms with van der Waals surface area (Å²) in [5.41, 5.74) is 0.997. The summed E-state index contributed by atoms with van der Waals surface area (Å²) >= 11 is 0. The number of ether oxygens (including phenoxy) is 1. The smallest absolute Gasteiger partial charge is 0.228 e. The van der Waals surface area contributed by atoms with Crippen LogP contribution in [0, 0.1) is 6.92 Å². The number of benzene rings is 1. The molecule has 124 valence electrons. The van der Waals surface area contributed by atoms with E-state index in [0.717, 1.165) is 11.3 Å². The molecular formula is C18H19N3O3. The van der Waals surface area contributed by atoms with Crippen LogP contribution in [0.15, 0.2) is 59.4 Å². The summed E-state index contributed by atoms with van der Waals surface area (Å²) in [6.45, 7) is 1.78. The number of amides is 1. The predicted octanol–water partition coefficient (Wildman–Crippen LogP) is 3.41. The van der Waals surface area contributed by atoms with E-state index in [2.05, 4.69) is 10.5 Å². The third-order valence-corrected chi connectivity index (χ3v) is 3.74. The highest BCUT2D eigenvalue weighted by Crippen LogP contribution is 2.26. The summed E-state index contributed by atoms with van der Waals surface area (Å²) in [4.78, 5) is 12.4. The highest BCUT2D eigenvalue weighted by Gasteiger charge is 2.19. The fourth-order valence-electron chi connectivity index (χ4n) is 2.59. The molecule has 6 heteroatoms. The number of aryl methyl sites for hydroxylation is 1. The highest BCUT2D eigenvalue weighted by molar-refractivity contribution is 5.90. The molecule has 24 heavy (non-hydrogen) atoms. The zero-order valence-electron chi connectivity index (χ0n) is 13.6. The second-order valence-corrected chi connectivity index (χ2v) is 5.50.